The quantitative estimate of drug-likeness (QED) is 0.249. The minimum absolute atomic E-state index is 0. The second kappa shape index (κ2) is 10.6. The van der Waals surface area contributed by atoms with Crippen molar-refractivity contribution in [3.05, 3.63) is 0 Å². The maximum Gasteiger partial charge on any atom is 1.00 e. The third-order valence-electron chi connectivity index (χ3n) is 1.29. The molecule has 0 radical (unpaired) electrons. The van der Waals surface area contributed by atoms with Crippen LogP contribution in [0.1, 0.15) is 14.3 Å². The maximum atomic E-state index is 10.3. The number of carbonyl (C=O) groups is 3. The number of aliphatic hydroxyl groups is 1. The summed E-state index contributed by atoms with van der Waals surface area (Å²) < 4.78 is 8.46. The Hall–Kier alpha value is -0.570. The number of carboxylic acid groups (broad SMARTS) is 3. The molecule has 0 fully saturated rings. The summed E-state index contributed by atoms with van der Waals surface area (Å²) in [6.45, 7) is 0. The summed E-state index contributed by atoms with van der Waals surface area (Å²) in [5.74, 6) is -5.02. The van der Waals surface area contributed by atoms with Crippen molar-refractivity contribution in [2.75, 3.05) is 0 Å². The molecular formula is C6H10NaO9P. The monoisotopic (exact) mass is 280 g/mol. The zero-order valence-electron chi connectivity index (χ0n) is 9.73. The fourth-order valence-corrected chi connectivity index (χ4v) is 0.714. The predicted octanol–water partition coefficient (Wildman–Crippen LogP) is -3.95. The molecule has 0 bridgehead atoms. The summed E-state index contributed by atoms with van der Waals surface area (Å²) in [5, 5.41) is 33.8. The Kier molecular flexibility index (Phi) is 13.5. The van der Waals surface area contributed by atoms with Crippen molar-refractivity contribution in [3.63, 3.8) is 0 Å². The minimum Gasteiger partial charge on any atom is -1.00 e. The molecule has 0 saturated heterocycles. The zero-order valence-corrected chi connectivity index (χ0v) is 11.6. The maximum absolute atomic E-state index is 10.3. The van der Waals surface area contributed by atoms with Gasteiger partial charge in [-0.1, -0.05) is 0 Å². The fraction of sp³-hybridized carbons (Fsp3) is 0.500. The summed E-state index contributed by atoms with van der Waals surface area (Å²) in [6, 6.07) is 0. The van der Waals surface area contributed by atoms with Gasteiger partial charge in [0.2, 0.25) is 0 Å². The van der Waals surface area contributed by atoms with E-state index in [-0.39, 0.29) is 31.0 Å². The molecule has 0 rings (SSSR count). The molecule has 0 aliphatic heterocycles. The van der Waals surface area contributed by atoms with Crippen LogP contribution in [-0.4, -0.2) is 48.8 Å². The molecule has 0 amide bonds. The Morgan fingerprint density at radius 1 is 1.06 bits per heavy atom. The standard InChI is InChI=1S/C6H8O7.Na.HO2P.H/c7-3(8)1-6(13,5(11)12)2-4(9)10;;1-3-2;/h13H,1-2H2,(H,7,8)(H,9,10)(H,11,12);;(H,1,2);/q;+1;;-1. The molecule has 0 aliphatic carbocycles. The SMILES string of the molecule is O=C(O)CC(O)(CC(=O)O)C(=O)O.O=PO.[H-].[Na+]. The van der Waals surface area contributed by atoms with E-state index in [1.54, 1.807) is 0 Å². The van der Waals surface area contributed by atoms with Gasteiger partial charge in [-0.2, -0.15) is 0 Å². The van der Waals surface area contributed by atoms with Crippen LogP contribution in [0.2, 0.25) is 0 Å². The van der Waals surface area contributed by atoms with E-state index in [1.807, 2.05) is 0 Å². The molecule has 0 saturated carbocycles. The van der Waals surface area contributed by atoms with Crippen LogP contribution in [0.4, 0.5) is 0 Å². The van der Waals surface area contributed by atoms with E-state index in [1.165, 1.54) is 0 Å². The molecule has 0 aromatic rings. The minimum atomic E-state index is -2.74. The molecule has 0 heterocycles. The largest absolute Gasteiger partial charge is 1.00 e. The van der Waals surface area contributed by atoms with E-state index in [4.69, 9.17) is 29.9 Å². The van der Waals surface area contributed by atoms with Gasteiger partial charge < -0.3 is 26.7 Å². The summed E-state index contributed by atoms with van der Waals surface area (Å²) in [4.78, 5) is 37.5. The van der Waals surface area contributed by atoms with Crippen molar-refractivity contribution < 1.29 is 75.3 Å². The van der Waals surface area contributed by atoms with Crippen LogP contribution < -0.4 is 29.6 Å². The van der Waals surface area contributed by atoms with Gasteiger partial charge >= 0.3 is 56.2 Å². The van der Waals surface area contributed by atoms with E-state index in [9.17, 15) is 14.4 Å². The van der Waals surface area contributed by atoms with Crippen LogP contribution in [0.25, 0.3) is 0 Å². The summed E-state index contributed by atoms with van der Waals surface area (Å²) >= 11 is 0. The number of rotatable bonds is 5. The molecule has 0 aromatic heterocycles. The first-order valence-electron chi connectivity index (χ1n) is 3.55. The van der Waals surface area contributed by atoms with Crippen molar-refractivity contribution in [2.45, 2.75) is 18.4 Å². The molecular weight excluding hydrogens is 270 g/mol. The molecule has 17 heavy (non-hydrogen) atoms. The molecule has 9 nitrogen and oxygen atoms in total. The van der Waals surface area contributed by atoms with Gasteiger partial charge in [0.1, 0.15) is 0 Å². The molecule has 5 N–H and O–H groups in total. The van der Waals surface area contributed by atoms with Crippen molar-refractivity contribution >= 4 is 26.6 Å². The summed E-state index contributed by atoms with van der Waals surface area (Å²) in [6.07, 6.45) is -2.29. The van der Waals surface area contributed by atoms with Crippen molar-refractivity contribution in [3.8, 4) is 0 Å². The molecule has 94 valence electrons. The Morgan fingerprint density at radius 3 is 1.41 bits per heavy atom. The fourth-order valence-electron chi connectivity index (χ4n) is 0.714. The smallest absolute Gasteiger partial charge is 1.00 e. The zero-order chi connectivity index (χ0) is 13.4. The number of hydrogen-bond donors (Lipinski definition) is 5. The van der Waals surface area contributed by atoms with E-state index < -0.39 is 45.0 Å². The second-order valence-electron chi connectivity index (χ2n) is 2.56. The molecule has 0 atom stereocenters. The summed E-state index contributed by atoms with van der Waals surface area (Å²) in [7, 11) is -0.833. The van der Waals surface area contributed by atoms with Crippen LogP contribution in [-0.2, 0) is 18.9 Å². The number of aliphatic carboxylic acids is 3. The average Bonchev–Trinajstić information content (AvgIpc) is 2.01. The Bertz CT molecular complexity index is 281. The Morgan fingerprint density at radius 2 is 1.29 bits per heavy atom. The first-order valence-corrected chi connectivity index (χ1v) is 4.32. The van der Waals surface area contributed by atoms with Crippen molar-refractivity contribution in [2.24, 2.45) is 0 Å². The molecule has 0 aliphatic rings. The summed E-state index contributed by atoms with van der Waals surface area (Å²) in [5.41, 5.74) is -2.74. The van der Waals surface area contributed by atoms with E-state index in [0.717, 1.165) is 0 Å². The van der Waals surface area contributed by atoms with Crippen molar-refractivity contribution in [1.29, 1.82) is 0 Å². The van der Waals surface area contributed by atoms with Crippen LogP contribution in [0.15, 0.2) is 0 Å². The number of hydrogen-bond acceptors (Lipinski definition) is 5. The number of carboxylic acids is 3. The topological polar surface area (TPSA) is 169 Å². The van der Waals surface area contributed by atoms with Crippen LogP contribution in [0.5, 0.6) is 0 Å². The third-order valence-corrected chi connectivity index (χ3v) is 1.29. The van der Waals surface area contributed by atoms with Crippen LogP contribution in [0.3, 0.4) is 0 Å². The molecule has 0 aromatic carbocycles. The van der Waals surface area contributed by atoms with E-state index in [2.05, 4.69) is 0 Å². The first kappa shape index (κ1) is 21.7. The van der Waals surface area contributed by atoms with E-state index >= 15 is 0 Å². The third kappa shape index (κ3) is 11.7. The van der Waals surface area contributed by atoms with Gasteiger partial charge in [0.15, 0.2) is 5.60 Å². The predicted molar refractivity (Wildman–Crippen MR) is 48.0 cm³/mol. The Balaban J connectivity index is -0.000000177. The van der Waals surface area contributed by atoms with Gasteiger partial charge in [-0.15, -0.1) is 0 Å². The molecule has 0 spiro atoms. The van der Waals surface area contributed by atoms with Gasteiger partial charge in [-0.25, -0.2) is 9.36 Å². The molecule has 0 unspecified atom stereocenters. The average molecular weight is 280 g/mol. The van der Waals surface area contributed by atoms with Crippen LogP contribution in [0, 0.1) is 0 Å². The van der Waals surface area contributed by atoms with E-state index in [0.29, 0.717) is 0 Å². The Labute approximate surface area is 120 Å². The van der Waals surface area contributed by atoms with Gasteiger partial charge in [0, 0.05) is 0 Å². The molecule has 11 heteroatoms. The van der Waals surface area contributed by atoms with Crippen LogP contribution >= 0.6 is 8.69 Å². The van der Waals surface area contributed by atoms with Gasteiger partial charge in [0.25, 0.3) is 0 Å². The van der Waals surface area contributed by atoms with Gasteiger partial charge in [0.05, 0.1) is 12.8 Å². The first-order chi connectivity index (χ1) is 7.19. The van der Waals surface area contributed by atoms with Gasteiger partial charge in [-0.3, -0.25) is 9.59 Å². The van der Waals surface area contributed by atoms with Crippen molar-refractivity contribution in [1.82, 2.24) is 0 Å². The normalized spacial score (nSPS) is 9.53. The van der Waals surface area contributed by atoms with Gasteiger partial charge in [-0.05, 0) is 0 Å². The second-order valence-corrected chi connectivity index (χ2v) is 2.72.